The van der Waals surface area contributed by atoms with Gasteiger partial charge in [-0.1, -0.05) is 71.5 Å². The third-order valence-electron chi connectivity index (χ3n) is 9.29. The molecular formula is C39H50O13. The fourth-order valence-corrected chi connectivity index (χ4v) is 7.14. The summed E-state index contributed by atoms with van der Waals surface area (Å²) in [6.45, 7) is 17.1. The number of hydrogen-bond donors (Lipinski definition) is 0. The van der Waals surface area contributed by atoms with Gasteiger partial charge in [-0.2, -0.15) is 0 Å². The Kier molecular flexibility index (Phi) is 13.7. The second-order valence-corrected chi connectivity index (χ2v) is 14.1. The molecule has 0 bridgehead atoms. The fraction of sp³-hybridized carbons (Fsp3) is 0.564. The van der Waals surface area contributed by atoms with Crippen LogP contribution in [-0.2, 0) is 57.2 Å². The van der Waals surface area contributed by atoms with Gasteiger partial charge in [-0.25, -0.2) is 4.79 Å². The maximum absolute atomic E-state index is 14.8. The summed E-state index contributed by atoms with van der Waals surface area (Å²) >= 11 is 0. The highest BCUT2D eigenvalue weighted by Gasteiger charge is 2.66. The molecule has 9 atom stereocenters. The van der Waals surface area contributed by atoms with Crippen LogP contribution in [0.25, 0.3) is 0 Å². The van der Waals surface area contributed by atoms with Crippen molar-refractivity contribution in [2.45, 2.75) is 118 Å². The molecule has 2 aliphatic carbocycles. The molecule has 0 saturated heterocycles. The zero-order valence-corrected chi connectivity index (χ0v) is 31.3. The molecule has 0 aromatic heterocycles. The first-order chi connectivity index (χ1) is 24.2. The number of Topliss-reactive ketones (excluding diaryl/α,β-unsaturated/α-hetero) is 1. The van der Waals surface area contributed by atoms with E-state index in [1.807, 2.05) is 0 Å². The minimum absolute atomic E-state index is 0.0868. The highest BCUT2D eigenvalue weighted by molar-refractivity contribution is 5.94. The zero-order chi connectivity index (χ0) is 39.1. The summed E-state index contributed by atoms with van der Waals surface area (Å²) in [7, 11) is 0. The van der Waals surface area contributed by atoms with Gasteiger partial charge in [0.2, 0.25) is 0 Å². The van der Waals surface area contributed by atoms with Gasteiger partial charge in [-0.15, -0.1) is 0 Å². The van der Waals surface area contributed by atoms with Crippen molar-refractivity contribution in [1.82, 2.24) is 0 Å². The van der Waals surface area contributed by atoms with Crippen molar-refractivity contribution in [3.8, 4) is 0 Å². The lowest BCUT2D eigenvalue weighted by Crippen LogP contribution is -2.59. The Morgan fingerprint density at radius 1 is 0.788 bits per heavy atom. The second kappa shape index (κ2) is 17.1. The van der Waals surface area contributed by atoms with Crippen molar-refractivity contribution >= 4 is 41.6 Å². The van der Waals surface area contributed by atoms with E-state index in [4.69, 9.17) is 28.4 Å². The van der Waals surface area contributed by atoms with E-state index < -0.39 is 101 Å². The molecule has 284 valence electrons. The van der Waals surface area contributed by atoms with Crippen LogP contribution in [0.4, 0.5) is 0 Å². The number of rotatable bonds is 9. The van der Waals surface area contributed by atoms with Crippen molar-refractivity contribution in [1.29, 1.82) is 0 Å². The molecule has 1 fully saturated rings. The molecule has 0 spiro atoms. The van der Waals surface area contributed by atoms with Crippen LogP contribution in [0.2, 0.25) is 0 Å². The number of allylic oxidation sites excluding steroid dienone is 1. The summed E-state index contributed by atoms with van der Waals surface area (Å²) in [5.74, 6) is -8.52. The van der Waals surface area contributed by atoms with Crippen molar-refractivity contribution in [2.24, 2.45) is 23.2 Å². The van der Waals surface area contributed by atoms with Crippen LogP contribution in [0.5, 0.6) is 0 Å². The summed E-state index contributed by atoms with van der Waals surface area (Å²) in [5, 5.41) is 0. The highest BCUT2D eigenvalue weighted by Crippen LogP contribution is 2.51. The first-order valence-electron chi connectivity index (χ1n) is 17.3. The van der Waals surface area contributed by atoms with Gasteiger partial charge in [-0.05, 0) is 24.5 Å². The van der Waals surface area contributed by atoms with Crippen LogP contribution in [0.15, 0.2) is 54.6 Å². The molecule has 1 saturated carbocycles. The zero-order valence-electron chi connectivity index (χ0n) is 31.3. The first kappa shape index (κ1) is 41.6. The Bertz CT molecular complexity index is 1580. The average Bonchev–Trinajstić information content (AvgIpc) is 3.31. The number of benzene rings is 1. The van der Waals surface area contributed by atoms with Crippen LogP contribution in [0.3, 0.4) is 0 Å². The minimum atomic E-state index is -2.08. The molecule has 1 aromatic carbocycles. The molecular weight excluding hydrogens is 676 g/mol. The number of fused-ring (bicyclic) bond motifs is 1. The van der Waals surface area contributed by atoms with Gasteiger partial charge >= 0.3 is 35.8 Å². The number of esters is 6. The largest absolute Gasteiger partial charge is 0.462 e. The van der Waals surface area contributed by atoms with E-state index >= 15 is 0 Å². The van der Waals surface area contributed by atoms with E-state index in [1.54, 1.807) is 58.9 Å². The van der Waals surface area contributed by atoms with Crippen molar-refractivity contribution in [2.75, 3.05) is 0 Å². The summed E-state index contributed by atoms with van der Waals surface area (Å²) in [5.41, 5.74) is -3.42. The number of hydrogen-bond acceptors (Lipinski definition) is 13. The maximum atomic E-state index is 14.8. The Morgan fingerprint density at radius 3 is 1.90 bits per heavy atom. The molecule has 1 aromatic rings. The molecule has 2 aliphatic rings. The molecule has 52 heavy (non-hydrogen) atoms. The molecule has 0 heterocycles. The van der Waals surface area contributed by atoms with Gasteiger partial charge in [-0.3, -0.25) is 28.8 Å². The van der Waals surface area contributed by atoms with Crippen LogP contribution >= 0.6 is 0 Å². The van der Waals surface area contributed by atoms with Crippen LogP contribution in [-0.4, -0.2) is 77.7 Å². The summed E-state index contributed by atoms with van der Waals surface area (Å²) in [6, 6.07) is 7.86. The quantitative estimate of drug-likeness (QED) is 0.188. The number of carbonyl (C=O) groups excluding carboxylic acids is 7. The Hall–Kier alpha value is -4.81. The van der Waals surface area contributed by atoms with E-state index in [2.05, 4.69) is 6.58 Å². The lowest BCUT2D eigenvalue weighted by Gasteiger charge is -2.44. The first-order valence-corrected chi connectivity index (χ1v) is 17.3. The van der Waals surface area contributed by atoms with E-state index in [1.165, 1.54) is 25.1 Å². The Balaban J connectivity index is 2.54. The van der Waals surface area contributed by atoms with E-state index in [-0.39, 0.29) is 24.0 Å². The minimum Gasteiger partial charge on any atom is -0.462 e. The van der Waals surface area contributed by atoms with Crippen molar-refractivity contribution in [3.63, 3.8) is 0 Å². The van der Waals surface area contributed by atoms with E-state index in [0.29, 0.717) is 6.42 Å². The molecule has 0 aliphatic heterocycles. The van der Waals surface area contributed by atoms with E-state index in [0.717, 1.165) is 20.8 Å². The van der Waals surface area contributed by atoms with Gasteiger partial charge in [0, 0.05) is 57.4 Å². The molecule has 0 radical (unpaired) electrons. The van der Waals surface area contributed by atoms with Crippen LogP contribution in [0, 0.1) is 23.2 Å². The van der Waals surface area contributed by atoms with Crippen LogP contribution in [0.1, 0.15) is 91.9 Å². The predicted octanol–water partition coefficient (Wildman–Crippen LogP) is 5.03. The SMILES string of the molecule is C=C1[C@@H](OC(=O)CCC)[C@@H](OC(C)=O)[C@@H](OC(C)=O)C(C)(C)C=C[C@H](C)C(=O)[C@@]2(OC(C)=O)C[C@H](C)[C@H](OC(C)=O)[C@@H]2[C@@H]1OC(=O)c1ccccc1. The molecule has 3 rings (SSSR count). The molecule has 13 nitrogen and oxygen atoms in total. The van der Waals surface area contributed by atoms with Crippen molar-refractivity contribution < 1.29 is 62.0 Å². The normalized spacial score (nSPS) is 30.0. The monoisotopic (exact) mass is 726 g/mol. The molecule has 0 amide bonds. The summed E-state index contributed by atoms with van der Waals surface area (Å²) < 4.78 is 35.7. The maximum Gasteiger partial charge on any atom is 0.338 e. The summed E-state index contributed by atoms with van der Waals surface area (Å²) in [6.07, 6.45) is -4.31. The molecule has 0 N–H and O–H groups in total. The third kappa shape index (κ3) is 9.54. The number of carbonyl (C=O) groups is 7. The van der Waals surface area contributed by atoms with Gasteiger partial charge in [0.15, 0.2) is 29.7 Å². The number of ketones is 1. The summed E-state index contributed by atoms with van der Waals surface area (Å²) in [4.78, 5) is 93.2. The van der Waals surface area contributed by atoms with Crippen molar-refractivity contribution in [3.05, 3.63) is 60.2 Å². The second-order valence-electron chi connectivity index (χ2n) is 14.1. The lowest BCUT2D eigenvalue weighted by molar-refractivity contribution is -0.192. The Morgan fingerprint density at radius 2 is 1.37 bits per heavy atom. The van der Waals surface area contributed by atoms with Gasteiger partial charge < -0.3 is 28.4 Å². The standard InChI is InChI=1S/C39H50O13/c1-11-15-29(44)50-33-23(4)32(51-37(46)28-16-13-12-14-17-28)30-31(47-24(5)40)22(3)20-39(30,52-27(8)43)35(45)21(2)18-19-38(9,10)36(49-26(7)42)34(33)48-25(6)41/h12-14,16-19,21-22,30-34,36H,4,11,15,20H2,1-3,5-10H3/t21-,22-,30+,31-,32+,33+,34+,36+,39+/m0/s1. The highest BCUT2D eigenvalue weighted by atomic mass is 16.6. The van der Waals surface area contributed by atoms with Gasteiger partial charge in [0.05, 0.1) is 11.5 Å². The average molecular weight is 727 g/mol. The van der Waals surface area contributed by atoms with Gasteiger partial charge in [0.1, 0.15) is 12.2 Å². The smallest absolute Gasteiger partial charge is 0.338 e. The third-order valence-corrected chi connectivity index (χ3v) is 9.29. The van der Waals surface area contributed by atoms with Gasteiger partial charge in [0.25, 0.3) is 0 Å². The topological polar surface area (TPSA) is 175 Å². The molecule has 13 heteroatoms. The van der Waals surface area contributed by atoms with E-state index in [9.17, 15) is 33.6 Å². The lowest BCUT2D eigenvalue weighted by atomic mass is 9.72. The Labute approximate surface area is 304 Å². The number of ether oxygens (including phenoxy) is 6. The van der Waals surface area contributed by atoms with Crippen LogP contribution < -0.4 is 0 Å². The fourth-order valence-electron chi connectivity index (χ4n) is 7.14. The predicted molar refractivity (Wildman–Crippen MR) is 185 cm³/mol. The molecule has 0 unspecified atom stereocenters.